The SMILES string of the molecule is CCOc1ccc(CN(C)Cn2c(-c3cccnc3)nc3c(c2=O)CCC3)cc1. The third-order valence-corrected chi connectivity index (χ3v) is 5.18. The molecule has 29 heavy (non-hydrogen) atoms. The summed E-state index contributed by atoms with van der Waals surface area (Å²) in [6.45, 7) is 3.83. The minimum Gasteiger partial charge on any atom is -0.494 e. The van der Waals surface area contributed by atoms with Gasteiger partial charge in [-0.15, -0.1) is 0 Å². The summed E-state index contributed by atoms with van der Waals surface area (Å²) in [5.74, 6) is 1.57. The summed E-state index contributed by atoms with van der Waals surface area (Å²) in [6, 6.07) is 11.9. The Kier molecular flexibility index (Phi) is 5.71. The van der Waals surface area contributed by atoms with Crippen molar-refractivity contribution in [3.05, 3.63) is 76.0 Å². The predicted octanol–water partition coefficient (Wildman–Crippen LogP) is 3.28. The maximum atomic E-state index is 13.2. The van der Waals surface area contributed by atoms with Crippen LogP contribution in [0.5, 0.6) is 5.75 Å². The molecule has 0 fully saturated rings. The second kappa shape index (κ2) is 8.57. The van der Waals surface area contributed by atoms with Crippen LogP contribution in [0.4, 0.5) is 0 Å². The number of aromatic nitrogens is 3. The van der Waals surface area contributed by atoms with E-state index in [0.29, 0.717) is 19.1 Å². The lowest BCUT2D eigenvalue weighted by atomic mass is 10.2. The second-order valence-electron chi connectivity index (χ2n) is 7.42. The van der Waals surface area contributed by atoms with E-state index in [1.54, 1.807) is 17.0 Å². The van der Waals surface area contributed by atoms with E-state index in [4.69, 9.17) is 9.72 Å². The van der Waals surface area contributed by atoms with Gasteiger partial charge in [-0.25, -0.2) is 4.98 Å². The number of nitrogens with zero attached hydrogens (tertiary/aromatic N) is 4. The molecule has 1 aliphatic carbocycles. The number of pyridine rings is 1. The van der Waals surface area contributed by atoms with Gasteiger partial charge in [-0.3, -0.25) is 19.2 Å². The lowest BCUT2D eigenvalue weighted by Crippen LogP contribution is -2.33. The minimum atomic E-state index is 0.0740. The Morgan fingerprint density at radius 2 is 2.00 bits per heavy atom. The van der Waals surface area contributed by atoms with Gasteiger partial charge in [-0.1, -0.05) is 12.1 Å². The molecule has 6 nitrogen and oxygen atoms in total. The van der Waals surface area contributed by atoms with E-state index < -0.39 is 0 Å². The van der Waals surface area contributed by atoms with Gasteiger partial charge in [0.2, 0.25) is 0 Å². The third-order valence-electron chi connectivity index (χ3n) is 5.18. The van der Waals surface area contributed by atoms with Crippen LogP contribution in [0, 0.1) is 0 Å². The zero-order valence-corrected chi connectivity index (χ0v) is 17.0. The highest BCUT2D eigenvalue weighted by atomic mass is 16.5. The van der Waals surface area contributed by atoms with Crippen LogP contribution in [0.3, 0.4) is 0 Å². The molecule has 1 aromatic carbocycles. The van der Waals surface area contributed by atoms with Crippen molar-refractivity contribution in [2.45, 2.75) is 39.4 Å². The van der Waals surface area contributed by atoms with E-state index in [1.165, 1.54) is 5.56 Å². The summed E-state index contributed by atoms with van der Waals surface area (Å²) in [4.78, 5) is 24.4. The molecule has 2 aromatic heterocycles. The van der Waals surface area contributed by atoms with Gasteiger partial charge in [0.1, 0.15) is 11.6 Å². The zero-order valence-electron chi connectivity index (χ0n) is 17.0. The van der Waals surface area contributed by atoms with Gasteiger partial charge in [0.05, 0.1) is 19.0 Å². The summed E-state index contributed by atoms with van der Waals surface area (Å²) in [5, 5.41) is 0. The number of fused-ring (bicyclic) bond motifs is 1. The second-order valence-corrected chi connectivity index (χ2v) is 7.42. The van der Waals surface area contributed by atoms with Crippen molar-refractivity contribution in [1.82, 2.24) is 19.4 Å². The molecule has 6 heteroatoms. The molecular weight excluding hydrogens is 364 g/mol. The first kappa shape index (κ1) is 19.3. The molecule has 0 saturated heterocycles. The highest BCUT2D eigenvalue weighted by Gasteiger charge is 2.22. The maximum absolute atomic E-state index is 13.2. The minimum absolute atomic E-state index is 0.0740. The van der Waals surface area contributed by atoms with Crippen molar-refractivity contribution in [2.75, 3.05) is 13.7 Å². The van der Waals surface area contributed by atoms with E-state index >= 15 is 0 Å². The van der Waals surface area contributed by atoms with Gasteiger partial charge in [0.25, 0.3) is 5.56 Å². The number of rotatable bonds is 7. The average Bonchev–Trinajstić information content (AvgIpc) is 3.21. The number of ether oxygens (including phenoxy) is 1. The summed E-state index contributed by atoms with van der Waals surface area (Å²) >= 11 is 0. The van der Waals surface area contributed by atoms with Gasteiger partial charge in [-0.2, -0.15) is 0 Å². The van der Waals surface area contributed by atoms with E-state index in [1.807, 2.05) is 38.2 Å². The fourth-order valence-electron chi connectivity index (χ4n) is 3.84. The predicted molar refractivity (Wildman–Crippen MR) is 113 cm³/mol. The topological polar surface area (TPSA) is 60.2 Å². The zero-order chi connectivity index (χ0) is 20.2. The van der Waals surface area contributed by atoms with Crippen molar-refractivity contribution >= 4 is 0 Å². The van der Waals surface area contributed by atoms with Gasteiger partial charge >= 0.3 is 0 Å². The highest BCUT2D eigenvalue weighted by molar-refractivity contribution is 5.54. The van der Waals surface area contributed by atoms with E-state index in [0.717, 1.165) is 48.4 Å². The Morgan fingerprint density at radius 1 is 1.17 bits per heavy atom. The summed E-state index contributed by atoms with van der Waals surface area (Å²) in [6.07, 6.45) is 6.19. The molecular formula is C23H26N4O2. The molecule has 0 N–H and O–H groups in total. The maximum Gasteiger partial charge on any atom is 0.258 e. The van der Waals surface area contributed by atoms with Crippen LogP contribution < -0.4 is 10.3 Å². The molecule has 1 aliphatic rings. The van der Waals surface area contributed by atoms with E-state index in [9.17, 15) is 4.79 Å². The van der Waals surface area contributed by atoms with E-state index in [2.05, 4.69) is 22.0 Å². The normalized spacial score (nSPS) is 12.9. The molecule has 0 aliphatic heterocycles. The molecule has 3 aromatic rings. The Morgan fingerprint density at radius 3 is 2.72 bits per heavy atom. The molecule has 0 radical (unpaired) electrons. The number of aryl methyl sites for hydroxylation is 1. The summed E-state index contributed by atoms with van der Waals surface area (Å²) < 4.78 is 7.30. The fourth-order valence-corrected chi connectivity index (χ4v) is 3.84. The Balaban J connectivity index is 1.61. The van der Waals surface area contributed by atoms with Crippen LogP contribution in [0.15, 0.2) is 53.6 Å². The first-order chi connectivity index (χ1) is 14.2. The van der Waals surface area contributed by atoms with Crippen LogP contribution in [0.25, 0.3) is 11.4 Å². The monoisotopic (exact) mass is 390 g/mol. The molecule has 2 heterocycles. The van der Waals surface area contributed by atoms with Gasteiger partial charge in [0, 0.05) is 30.1 Å². The van der Waals surface area contributed by atoms with Crippen molar-refractivity contribution in [1.29, 1.82) is 0 Å². The smallest absolute Gasteiger partial charge is 0.258 e. The molecule has 150 valence electrons. The van der Waals surface area contributed by atoms with Crippen LogP contribution >= 0.6 is 0 Å². The number of benzene rings is 1. The third kappa shape index (κ3) is 4.22. The molecule has 0 saturated carbocycles. The Bertz CT molecular complexity index is 1030. The summed E-state index contributed by atoms with van der Waals surface area (Å²) in [5.41, 5.74) is 3.92. The largest absolute Gasteiger partial charge is 0.494 e. The van der Waals surface area contributed by atoms with Crippen LogP contribution in [-0.2, 0) is 26.1 Å². The van der Waals surface area contributed by atoms with Crippen LogP contribution in [0.1, 0.15) is 30.2 Å². The van der Waals surface area contributed by atoms with Gasteiger partial charge in [0.15, 0.2) is 0 Å². The highest BCUT2D eigenvalue weighted by Crippen LogP contribution is 2.22. The molecule has 0 amide bonds. The van der Waals surface area contributed by atoms with Crippen molar-refractivity contribution in [3.63, 3.8) is 0 Å². The molecule has 4 rings (SSSR count). The molecule has 0 spiro atoms. The van der Waals surface area contributed by atoms with Gasteiger partial charge < -0.3 is 4.74 Å². The van der Waals surface area contributed by atoms with Crippen LogP contribution in [-0.4, -0.2) is 33.1 Å². The van der Waals surface area contributed by atoms with Crippen LogP contribution in [0.2, 0.25) is 0 Å². The number of hydrogen-bond acceptors (Lipinski definition) is 5. The quantitative estimate of drug-likeness (QED) is 0.620. The fraction of sp³-hybridized carbons (Fsp3) is 0.348. The Hall–Kier alpha value is -2.99. The van der Waals surface area contributed by atoms with Gasteiger partial charge in [-0.05, 0) is 63.1 Å². The van der Waals surface area contributed by atoms with Crippen molar-refractivity contribution < 1.29 is 4.74 Å². The Labute approximate surface area is 170 Å². The van der Waals surface area contributed by atoms with Crippen molar-refractivity contribution in [3.8, 4) is 17.1 Å². The number of hydrogen-bond donors (Lipinski definition) is 0. The standard InChI is InChI=1S/C23H26N4O2/c1-3-29-19-11-9-17(10-12-19)15-26(2)16-27-22(18-6-5-13-24-14-18)25-21-8-4-7-20(21)23(27)28/h5-6,9-14H,3-4,7-8,15-16H2,1-2H3. The molecule has 0 bridgehead atoms. The summed E-state index contributed by atoms with van der Waals surface area (Å²) in [7, 11) is 2.02. The average molecular weight is 390 g/mol. The molecule has 0 unspecified atom stereocenters. The first-order valence-electron chi connectivity index (χ1n) is 10.1. The molecule has 0 atom stereocenters. The van der Waals surface area contributed by atoms with E-state index in [-0.39, 0.29) is 5.56 Å². The lowest BCUT2D eigenvalue weighted by Gasteiger charge is -2.21. The first-order valence-corrected chi connectivity index (χ1v) is 10.1. The van der Waals surface area contributed by atoms with Crippen molar-refractivity contribution in [2.24, 2.45) is 0 Å². The lowest BCUT2D eigenvalue weighted by molar-refractivity contribution is 0.256.